The Balaban J connectivity index is 2.08. The summed E-state index contributed by atoms with van der Waals surface area (Å²) in [5, 5.41) is 0. The van der Waals surface area contributed by atoms with Crippen molar-refractivity contribution in [2.45, 2.75) is 96.1 Å². The number of hydrogen-bond donors (Lipinski definition) is 2. The van der Waals surface area contributed by atoms with Gasteiger partial charge in [-0.3, -0.25) is 11.3 Å². The van der Waals surface area contributed by atoms with Crippen molar-refractivity contribution in [3.05, 3.63) is 0 Å². The van der Waals surface area contributed by atoms with Gasteiger partial charge in [0.25, 0.3) is 0 Å². The lowest BCUT2D eigenvalue weighted by Gasteiger charge is -2.45. The topological polar surface area (TPSA) is 47.3 Å². The van der Waals surface area contributed by atoms with E-state index < -0.39 is 0 Å². The maximum atomic E-state index is 6.37. The van der Waals surface area contributed by atoms with Crippen LogP contribution in [0, 0.1) is 11.8 Å². The summed E-state index contributed by atoms with van der Waals surface area (Å²) in [6, 6.07) is 0.341. The Hall–Kier alpha value is -0.120. The third-order valence-electron chi connectivity index (χ3n) is 6.07. The lowest BCUT2D eigenvalue weighted by molar-refractivity contribution is -0.0946. The van der Waals surface area contributed by atoms with Gasteiger partial charge >= 0.3 is 0 Å². The van der Waals surface area contributed by atoms with Gasteiger partial charge in [0.1, 0.15) is 0 Å². The average Bonchev–Trinajstić information content (AvgIpc) is 2.75. The summed E-state index contributed by atoms with van der Waals surface area (Å²) in [4.78, 5) is 0. The number of hydrazine groups is 1. The minimum Gasteiger partial charge on any atom is -0.374 e. The van der Waals surface area contributed by atoms with Crippen LogP contribution in [0.4, 0.5) is 0 Å². The molecule has 3 N–H and O–H groups in total. The first kappa shape index (κ1) is 17.2. The van der Waals surface area contributed by atoms with Crippen LogP contribution >= 0.6 is 0 Å². The van der Waals surface area contributed by atoms with Gasteiger partial charge in [-0.2, -0.15) is 0 Å². The van der Waals surface area contributed by atoms with Crippen molar-refractivity contribution >= 4 is 0 Å². The molecule has 124 valence electrons. The highest BCUT2D eigenvalue weighted by molar-refractivity contribution is 4.98. The first-order chi connectivity index (χ1) is 10.3. The van der Waals surface area contributed by atoms with E-state index in [0.717, 1.165) is 12.5 Å². The van der Waals surface area contributed by atoms with Crippen LogP contribution in [0.2, 0.25) is 0 Å². The van der Waals surface area contributed by atoms with Crippen molar-refractivity contribution in [3.63, 3.8) is 0 Å². The molecule has 2 fully saturated rings. The molecule has 0 spiro atoms. The molecule has 1 unspecified atom stereocenters. The zero-order valence-electron chi connectivity index (χ0n) is 14.2. The molecule has 2 aliphatic rings. The van der Waals surface area contributed by atoms with Gasteiger partial charge in [-0.25, -0.2) is 0 Å². The van der Waals surface area contributed by atoms with Gasteiger partial charge in [0, 0.05) is 6.61 Å². The van der Waals surface area contributed by atoms with E-state index in [1.165, 1.54) is 70.6 Å². The molecule has 0 aromatic carbocycles. The van der Waals surface area contributed by atoms with E-state index in [2.05, 4.69) is 19.3 Å². The molecule has 3 nitrogen and oxygen atoms in total. The summed E-state index contributed by atoms with van der Waals surface area (Å²) in [5.74, 6) is 7.68. The SMILES string of the molecule is CCOC1(C(NN)C2CCC(CC)CC2)CCCCCC1. The number of nitrogens with two attached hydrogens (primary N) is 1. The molecule has 0 bridgehead atoms. The monoisotopic (exact) mass is 296 g/mol. The van der Waals surface area contributed by atoms with Crippen LogP contribution in [0.1, 0.15) is 84.5 Å². The van der Waals surface area contributed by atoms with E-state index in [4.69, 9.17) is 10.6 Å². The highest BCUT2D eigenvalue weighted by Crippen LogP contribution is 2.41. The molecular formula is C18H36N2O. The second kappa shape index (κ2) is 8.50. The fraction of sp³-hybridized carbons (Fsp3) is 1.00. The Morgan fingerprint density at radius 1 is 1.05 bits per heavy atom. The lowest BCUT2D eigenvalue weighted by Crippen LogP contribution is -2.59. The van der Waals surface area contributed by atoms with Gasteiger partial charge in [0.2, 0.25) is 0 Å². The maximum absolute atomic E-state index is 6.37. The number of ether oxygens (including phenoxy) is 1. The number of hydrogen-bond acceptors (Lipinski definition) is 3. The van der Waals surface area contributed by atoms with Gasteiger partial charge in [0.15, 0.2) is 0 Å². The lowest BCUT2D eigenvalue weighted by atomic mass is 9.71. The quantitative estimate of drug-likeness (QED) is 0.439. The number of rotatable bonds is 6. The normalized spacial score (nSPS) is 31.6. The van der Waals surface area contributed by atoms with Crippen molar-refractivity contribution in [1.82, 2.24) is 5.43 Å². The predicted molar refractivity (Wildman–Crippen MR) is 88.9 cm³/mol. The zero-order valence-corrected chi connectivity index (χ0v) is 14.2. The Bertz CT molecular complexity index is 279. The predicted octanol–water partition coefficient (Wildman–Crippen LogP) is 4.16. The van der Waals surface area contributed by atoms with Gasteiger partial charge in [-0.15, -0.1) is 0 Å². The van der Waals surface area contributed by atoms with Crippen LogP contribution in [0.25, 0.3) is 0 Å². The molecule has 2 saturated carbocycles. The molecule has 0 radical (unpaired) electrons. The van der Waals surface area contributed by atoms with E-state index in [1.54, 1.807) is 0 Å². The van der Waals surface area contributed by atoms with Crippen molar-refractivity contribution in [1.29, 1.82) is 0 Å². The van der Waals surface area contributed by atoms with E-state index in [-0.39, 0.29) is 5.60 Å². The fourth-order valence-corrected chi connectivity index (χ4v) is 4.81. The van der Waals surface area contributed by atoms with Crippen molar-refractivity contribution in [3.8, 4) is 0 Å². The van der Waals surface area contributed by atoms with E-state index in [9.17, 15) is 0 Å². The molecule has 0 aromatic rings. The van der Waals surface area contributed by atoms with Crippen LogP contribution < -0.4 is 11.3 Å². The Labute approximate surface area is 131 Å². The summed E-state index contributed by atoms with van der Waals surface area (Å²) in [7, 11) is 0. The average molecular weight is 296 g/mol. The molecule has 0 aliphatic heterocycles. The molecule has 0 heterocycles. The Morgan fingerprint density at radius 2 is 1.67 bits per heavy atom. The summed E-state index contributed by atoms with van der Waals surface area (Å²) < 4.78 is 6.37. The molecule has 0 saturated heterocycles. The van der Waals surface area contributed by atoms with Crippen molar-refractivity contribution in [2.75, 3.05) is 6.61 Å². The molecule has 2 aliphatic carbocycles. The van der Waals surface area contributed by atoms with Crippen LogP contribution in [0.3, 0.4) is 0 Å². The van der Waals surface area contributed by atoms with Gasteiger partial charge in [-0.1, -0.05) is 51.9 Å². The highest BCUT2D eigenvalue weighted by atomic mass is 16.5. The fourth-order valence-electron chi connectivity index (χ4n) is 4.81. The molecule has 0 aromatic heterocycles. The van der Waals surface area contributed by atoms with Gasteiger partial charge < -0.3 is 4.74 Å². The zero-order chi connectivity index (χ0) is 15.1. The van der Waals surface area contributed by atoms with Crippen molar-refractivity contribution in [2.24, 2.45) is 17.7 Å². The van der Waals surface area contributed by atoms with E-state index in [1.807, 2.05) is 0 Å². The molecule has 3 heteroatoms. The summed E-state index contributed by atoms with van der Waals surface area (Å²) in [6.45, 7) is 5.27. The second-order valence-electron chi connectivity index (χ2n) is 7.25. The first-order valence-electron chi connectivity index (χ1n) is 9.35. The van der Waals surface area contributed by atoms with Crippen molar-refractivity contribution < 1.29 is 4.74 Å². The highest BCUT2D eigenvalue weighted by Gasteiger charge is 2.43. The molecule has 21 heavy (non-hydrogen) atoms. The third kappa shape index (κ3) is 4.20. The molecule has 2 rings (SSSR count). The minimum atomic E-state index is -0.0102. The second-order valence-corrected chi connectivity index (χ2v) is 7.25. The molecular weight excluding hydrogens is 260 g/mol. The maximum Gasteiger partial charge on any atom is 0.0850 e. The van der Waals surface area contributed by atoms with Crippen LogP contribution in [-0.2, 0) is 4.74 Å². The van der Waals surface area contributed by atoms with Crippen LogP contribution in [0.15, 0.2) is 0 Å². The largest absolute Gasteiger partial charge is 0.374 e. The van der Waals surface area contributed by atoms with Gasteiger partial charge in [-0.05, 0) is 44.4 Å². The standard InChI is InChI=1S/C18H36N2O/c1-3-15-9-11-16(12-10-15)17(20-19)18(21-4-2)13-7-5-6-8-14-18/h15-17,20H,3-14,19H2,1-2H3. The van der Waals surface area contributed by atoms with Crippen LogP contribution in [-0.4, -0.2) is 18.2 Å². The Morgan fingerprint density at radius 3 is 2.14 bits per heavy atom. The van der Waals surface area contributed by atoms with E-state index >= 15 is 0 Å². The molecule has 1 atom stereocenters. The third-order valence-corrected chi connectivity index (χ3v) is 6.07. The minimum absolute atomic E-state index is 0.0102. The van der Waals surface area contributed by atoms with Crippen LogP contribution in [0.5, 0.6) is 0 Å². The Kier molecular flexibility index (Phi) is 6.97. The summed E-state index contributed by atoms with van der Waals surface area (Å²) in [5.41, 5.74) is 3.19. The smallest absolute Gasteiger partial charge is 0.0850 e. The summed E-state index contributed by atoms with van der Waals surface area (Å²) >= 11 is 0. The summed E-state index contributed by atoms with van der Waals surface area (Å²) in [6.07, 6.45) is 14.4. The van der Waals surface area contributed by atoms with Gasteiger partial charge in [0.05, 0.1) is 11.6 Å². The molecule has 0 amide bonds. The first-order valence-corrected chi connectivity index (χ1v) is 9.35. The number of nitrogens with one attached hydrogen (secondary N) is 1. The van der Waals surface area contributed by atoms with E-state index in [0.29, 0.717) is 12.0 Å².